The smallest absolute Gasteiger partial charge is 0.128 e. The molecular weight excluding hydrogens is 284 g/mol. The molecule has 1 N–H and O–H groups in total. The van der Waals surface area contributed by atoms with E-state index in [1.165, 1.54) is 41.5 Å². The van der Waals surface area contributed by atoms with Gasteiger partial charge in [-0.2, -0.15) is 0 Å². The average Bonchev–Trinajstić information content (AvgIpc) is 2.48. The van der Waals surface area contributed by atoms with Gasteiger partial charge < -0.3 is 5.32 Å². The van der Waals surface area contributed by atoms with Gasteiger partial charge in [0.05, 0.1) is 0 Å². The zero-order valence-corrected chi connectivity index (χ0v) is 14.1. The van der Waals surface area contributed by atoms with E-state index in [2.05, 4.69) is 33.3 Å². The molecule has 120 valence electrons. The number of aromatic nitrogens is 2. The number of nitrogens with zero attached hydrogens (tertiary/aromatic N) is 3. The fourth-order valence-corrected chi connectivity index (χ4v) is 3.12. The first-order chi connectivity index (χ1) is 11.2. The molecule has 0 bridgehead atoms. The fraction of sp³-hybridized carbons (Fsp3) is 0.421. The standard InChI is InChI=1S/C19H24N4/c1-13-10-21-12-17(16-5-4-6-16)18(13)19(20-3)23-11-15-7-8-22-14(2)9-15/h7-10,12,16H,4-6,11H2,1-3H3,(H,20,23). The molecule has 4 nitrogen and oxygen atoms in total. The molecule has 1 aliphatic carbocycles. The minimum atomic E-state index is 0.638. The Kier molecular flexibility index (Phi) is 4.70. The Morgan fingerprint density at radius 3 is 2.78 bits per heavy atom. The Morgan fingerprint density at radius 2 is 2.13 bits per heavy atom. The lowest BCUT2D eigenvalue weighted by atomic mass is 9.78. The maximum absolute atomic E-state index is 4.52. The van der Waals surface area contributed by atoms with E-state index in [0.717, 1.165) is 18.1 Å². The molecule has 0 aliphatic heterocycles. The Bertz CT molecular complexity index is 717. The number of rotatable bonds is 4. The van der Waals surface area contributed by atoms with Crippen molar-refractivity contribution in [2.45, 2.75) is 45.6 Å². The predicted molar refractivity (Wildman–Crippen MR) is 93.8 cm³/mol. The van der Waals surface area contributed by atoms with Crippen molar-refractivity contribution in [1.29, 1.82) is 0 Å². The van der Waals surface area contributed by atoms with E-state index in [9.17, 15) is 0 Å². The summed E-state index contributed by atoms with van der Waals surface area (Å²) in [5, 5.41) is 3.51. The van der Waals surface area contributed by atoms with E-state index in [1.807, 2.05) is 38.6 Å². The quantitative estimate of drug-likeness (QED) is 0.694. The molecule has 2 heterocycles. The first-order valence-electron chi connectivity index (χ1n) is 8.26. The molecule has 1 saturated carbocycles. The van der Waals surface area contributed by atoms with Crippen LogP contribution in [0.25, 0.3) is 0 Å². The van der Waals surface area contributed by atoms with E-state index in [1.54, 1.807) is 0 Å². The topological polar surface area (TPSA) is 50.2 Å². The van der Waals surface area contributed by atoms with Crippen LogP contribution in [0.3, 0.4) is 0 Å². The molecule has 4 heteroatoms. The molecule has 3 rings (SSSR count). The van der Waals surface area contributed by atoms with E-state index < -0.39 is 0 Å². The van der Waals surface area contributed by atoms with Crippen molar-refractivity contribution in [3.8, 4) is 0 Å². The summed E-state index contributed by atoms with van der Waals surface area (Å²) < 4.78 is 0. The lowest BCUT2D eigenvalue weighted by molar-refractivity contribution is 0.418. The van der Waals surface area contributed by atoms with Crippen LogP contribution in [0.1, 0.15) is 53.1 Å². The van der Waals surface area contributed by atoms with Crippen molar-refractivity contribution in [3.63, 3.8) is 0 Å². The lowest BCUT2D eigenvalue weighted by Crippen LogP contribution is -2.27. The van der Waals surface area contributed by atoms with Gasteiger partial charge in [-0.05, 0) is 61.4 Å². The van der Waals surface area contributed by atoms with Gasteiger partial charge in [-0.3, -0.25) is 15.0 Å². The van der Waals surface area contributed by atoms with Gasteiger partial charge in [-0.1, -0.05) is 6.42 Å². The van der Waals surface area contributed by atoms with Crippen molar-refractivity contribution in [2.24, 2.45) is 4.99 Å². The zero-order valence-electron chi connectivity index (χ0n) is 14.1. The van der Waals surface area contributed by atoms with Crippen molar-refractivity contribution in [2.75, 3.05) is 7.05 Å². The second-order valence-electron chi connectivity index (χ2n) is 6.28. The number of hydrogen-bond donors (Lipinski definition) is 1. The number of aryl methyl sites for hydroxylation is 2. The Labute approximate surface area is 138 Å². The minimum absolute atomic E-state index is 0.638. The van der Waals surface area contributed by atoms with Crippen LogP contribution in [0, 0.1) is 13.8 Å². The Balaban J connectivity index is 1.84. The molecule has 1 aliphatic rings. The molecule has 0 atom stereocenters. The first-order valence-corrected chi connectivity index (χ1v) is 8.26. The third-order valence-electron chi connectivity index (χ3n) is 4.59. The van der Waals surface area contributed by atoms with Crippen molar-refractivity contribution in [3.05, 3.63) is 58.7 Å². The maximum Gasteiger partial charge on any atom is 0.128 e. The summed E-state index contributed by atoms with van der Waals surface area (Å²) in [5.74, 6) is 1.60. The third kappa shape index (κ3) is 3.41. The first kappa shape index (κ1) is 15.7. The van der Waals surface area contributed by atoms with Crippen molar-refractivity contribution < 1.29 is 0 Å². The third-order valence-corrected chi connectivity index (χ3v) is 4.59. The summed E-state index contributed by atoms with van der Waals surface area (Å²) in [7, 11) is 1.85. The number of pyridine rings is 2. The summed E-state index contributed by atoms with van der Waals surface area (Å²) in [4.78, 5) is 13.2. The van der Waals surface area contributed by atoms with Crippen LogP contribution in [0.5, 0.6) is 0 Å². The van der Waals surface area contributed by atoms with Crippen LogP contribution < -0.4 is 5.32 Å². The highest BCUT2D eigenvalue weighted by molar-refractivity contribution is 6.01. The van der Waals surface area contributed by atoms with E-state index in [4.69, 9.17) is 0 Å². The van der Waals surface area contributed by atoms with E-state index >= 15 is 0 Å². The summed E-state index contributed by atoms with van der Waals surface area (Å²) >= 11 is 0. The summed E-state index contributed by atoms with van der Waals surface area (Å²) in [5.41, 5.74) is 6.02. The molecule has 2 aromatic rings. The molecule has 23 heavy (non-hydrogen) atoms. The molecule has 1 fully saturated rings. The van der Waals surface area contributed by atoms with Gasteiger partial charge in [0.1, 0.15) is 5.84 Å². The van der Waals surface area contributed by atoms with Gasteiger partial charge in [-0.15, -0.1) is 0 Å². The minimum Gasteiger partial charge on any atom is -0.366 e. The molecule has 0 spiro atoms. The van der Waals surface area contributed by atoms with Gasteiger partial charge in [0.15, 0.2) is 0 Å². The summed E-state index contributed by atoms with van der Waals surface area (Å²) in [6, 6.07) is 4.14. The molecule has 0 unspecified atom stereocenters. The van der Waals surface area contributed by atoms with Crippen molar-refractivity contribution in [1.82, 2.24) is 15.3 Å². The maximum atomic E-state index is 4.52. The zero-order chi connectivity index (χ0) is 16.2. The number of aliphatic imine (C=N–C) groups is 1. The van der Waals surface area contributed by atoms with Gasteiger partial charge in [0, 0.05) is 43.4 Å². The van der Waals surface area contributed by atoms with Crippen LogP contribution in [-0.4, -0.2) is 22.9 Å². The lowest BCUT2D eigenvalue weighted by Gasteiger charge is -2.28. The monoisotopic (exact) mass is 308 g/mol. The second-order valence-corrected chi connectivity index (χ2v) is 6.28. The predicted octanol–water partition coefficient (Wildman–Crippen LogP) is 3.53. The SMILES string of the molecule is CN=C(NCc1ccnc(C)c1)c1c(C)cncc1C1CCC1. The molecule has 0 aromatic carbocycles. The van der Waals surface area contributed by atoms with Gasteiger partial charge in [0.2, 0.25) is 0 Å². The fourth-order valence-electron chi connectivity index (χ4n) is 3.12. The van der Waals surface area contributed by atoms with Gasteiger partial charge in [-0.25, -0.2) is 0 Å². The second kappa shape index (κ2) is 6.90. The number of nitrogens with one attached hydrogen (secondary N) is 1. The van der Waals surface area contributed by atoms with Crippen molar-refractivity contribution >= 4 is 5.84 Å². The van der Waals surface area contributed by atoms with Crippen LogP contribution in [-0.2, 0) is 6.54 Å². The average molecular weight is 308 g/mol. The highest BCUT2D eigenvalue weighted by Gasteiger charge is 2.25. The number of hydrogen-bond acceptors (Lipinski definition) is 3. The molecule has 0 amide bonds. The molecule has 0 radical (unpaired) electrons. The summed E-state index contributed by atoms with van der Waals surface area (Å²) in [6.07, 6.45) is 9.65. The van der Waals surface area contributed by atoms with Gasteiger partial charge in [0.25, 0.3) is 0 Å². The van der Waals surface area contributed by atoms with E-state index in [-0.39, 0.29) is 0 Å². The van der Waals surface area contributed by atoms with Crippen LogP contribution >= 0.6 is 0 Å². The highest BCUT2D eigenvalue weighted by atomic mass is 15.0. The molecule has 0 saturated heterocycles. The van der Waals surface area contributed by atoms with Crippen LogP contribution in [0.4, 0.5) is 0 Å². The normalized spacial score (nSPS) is 15.3. The van der Waals surface area contributed by atoms with Gasteiger partial charge >= 0.3 is 0 Å². The highest BCUT2D eigenvalue weighted by Crippen LogP contribution is 2.38. The van der Waals surface area contributed by atoms with E-state index in [0.29, 0.717) is 5.92 Å². The number of amidine groups is 1. The molecular formula is C19H24N4. The van der Waals surface area contributed by atoms with Crippen LogP contribution in [0.2, 0.25) is 0 Å². The molecule has 2 aromatic heterocycles. The largest absolute Gasteiger partial charge is 0.366 e. The summed E-state index contributed by atoms with van der Waals surface area (Å²) in [6.45, 7) is 4.88. The Morgan fingerprint density at radius 1 is 1.30 bits per heavy atom. The van der Waals surface area contributed by atoms with Crippen LogP contribution in [0.15, 0.2) is 35.7 Å². The Hall–Kier alpha value is -2.23.